The molecule has 1 aliphatic rings. The highest BCUT2D eigenvalue weighted by molar-refractivity contribution is 6.46. The number of barbiturate groups is 1. The van der Waals surface area contributed by atoms with Crippen LogP contribution in [-0.4, -0.2) is 31.1 Å². The van der Waals surface area contributed by atoms with E-state index in [1.54, 1.807) is 24.3 Å². The van der Waals surface area contributed by atoms with E-state index >= 15 is 0 Å². The number of imide groups is 2. The summed E-state index contributed by atoms with van der Waals surface area (Å²) in [6.07, 6.45) is 1.96. The molecule has 2 aromatic carbocycles. The van der Waals surface area contributed by atoms with Gasteiger partial charge >= 0.3 is 6.03 Å². The van der Waals surface area contributed by atoms with Crippen molar-refractivity contribution in [3.05, 3.63) is 57.6 Å². The first-order valence-electron chi connectivity index (χ1n) is 9.47. The zero-order valence-corrected chi connectivity index (χ0v) is 18.6. The molecular weight excluding hydrogens is 443 g/mol. The first kappa shape index (κ1) is 22.7. The number of nitrogens with zero attached hydrogens (tertiary/aromatic N) is 1. The SMILES string of the molecule is CC[C@@H](C)Oc1c(/C=C2\C(=O)NC(=O)N(c3cccc(Cl)c3Cl)C2=O)cccc1OC. The highest BCUT2D eigenvalue weighted by Gasteiger charge is 2.38. The van der Waals surface area contributed by atoms with Crippen LogP contribution in [0.25, 0.3) is 6.08 Å². The van der Waals surface area contributed by atoms with Gasteiger partial charge in [-0.3, -0.25) is 14.9 Å². The van der Waals surface area contributed by atoms with Gasteiger partial charge in [-0.15, -0.1) is 0 Å². The maximum absolute atomic E-state index is 13.2. The third-order valence-electron chi connectivity index (χ3n) is 4.70. The van der Waals surface area contributed by atoms with E-state index in [2.05, 4.69) is 5.32 Å². The number of rotatable bonds is 6. The van der Waals surface area contributed by atoms with Gasteiger partial charge in [0.1, 0.15) is 5.57 Å². The van der Waals surface area contributed by atoms with E-state index in [0.29, 0.717) is 17.1 Å². The van der Waals surface area contributed by atoms with Crippen molar-refractivity contribution in [2.24, 2.45) is 0 Å². The highest BCUT2D eigenvalue weighted by Crippen LogP contribution is 2.36. The molecule has 1 N–H and O–H groups in total. The Morgan fingerprint density at radius 2 is 1.84 bits per heavy atom. The molecule has 1 aliphatic heterocycles. The van der Waals surface area contributed by atoms with Crippen LogP contribution >= 0.6 is 23.2 Å². The number of carbonyl (C=O) groups is 3. The Morgan fingerprint density at radius 1 is 1.13 bits per heavy atom. The standard InChI is InChI=1S/C22H20Cl2N2O5/c1-4-12(2)31-19-13(7-5-10-17(19)30-3)11-14-20(27)25-22(29)26(21(14)28)16-9-6-8-15(23)18(16)24/h5-12H,4H2,1-3H3,(H,25,27,29)/b14-11+/t12-/m1/s1. The zero-order chi connectivity index (χ0) is 22.7. The second-order valence-electron chi connectivity index (χ2n) is 6.75. The van der Waals surface area contributed by atoms with Gasteiger partial charge in [0.15, 0.2) is 11.5 Å². The fraction of sp³-hybridized carbons (Fsp3) is 0.227. The van der Waals surface area contributed by atoms with Crippen molar-refractivity contribution >= 4 is 52.8 Å². The predicted octanol–water partition coefficient (Wildman–Crippen LogP) is 4.85. The summed E-state index contributed by atoms with van der Waals surface area (Å²) in [5, 5.41) is 2.34. The molecule has 1 heterocycles. The lowest BCUT2D eigenvalue weighted by molar-refractivity contribution is -0.122. The van der Waals surface area contributed by atoms with Gasteiger partial charge in [-0.1, -0.05) is 48.3 Å². The van der Waals surface area contributed by atoms with Crippen LogP contribution in [0.4, 0.5) is 10.5 Å². The number of anilines is 1. The third-order valence-corrected chi connectivity index (χ3v) is 5.51. The molecule has 0 aromatic heterocycles. The number of nitrogens with one attached hydrogen (secondary N) is 1. The maximum Gasteiger partial charge on any atom is 0.336 e. The maximum atomic E-state index is 13.2. The molecule has 0 unspecified atom stereocenters. The molecule has 0 bridgehead atoms. The minimum Gasteiger partial charge on any atom is -0.493 e. The second kappa shape index (κ2) is 9.41. The minimum absolute atomic E-state index is 0.0172. The third kappa shape index (κ3) is 4.52. The number of urea groups is 1. The van der Waals surface area contributed by atoms with Crippen LogP contribution in [0.15, 0.2) is 42.0 Å². The van der Waals surface area contributed by atoms with Crippen LogP contribution in [0.2, 0.25) is 10.0 Å². The highest BCUT2D eigenvalue weighted by atomic mass is 35.5. The molecule has 3 rings (SSSR count). The number of para-hydroxylation sites is 1. The lowest BCUT2D eigenvalue weighted by Gasteiger charge is -2.27. The van der Waals surface area contributed by atoms with Gasteiger partial charge in [0.05, 0.1) is 28.9 Å². The van der Waals surface area contributed by atoms with Crippen LogP contribution in [0.5, 0.6) is 11.5 Å². The first-order chi connectivity index (χ1) is 14.8. The van der Waals surface area contributed by atoms with Crippen molar-refractivity contribution in [2.75, 3.05) is 12.0 Å². The molecule has 7 nitrogen and oxygen atoms in total. The van der Waals surface area contributed by atoms with Gasteiger partial charge in [-0.2, -0.15) is 0 Å². The summed E-state index contributed by atoms with van der Waals surface area (Å²) in [7, 11) is 1.50. The van der Waals surface area contributed by atoms with Crippen molar-refractivity contribution in [2.45, 2.75) is 26.4 Å². The van der Waals surface area contributed by atoms with Gasteiger partial charge in [-0.05, 0) is 37.6 Å². The van der Waals surface area contributed by atoms with Gasteiger partial charge < -0.3 is 9.47 Å². The first-order valence-corrected chi connectivity index (χ1v) is 10.2. The lowest BCUT2D eigenvalue weighted by Crippen LogP contribution is -2.54. The molecule has 0 spiro atoms. The van der Waals surface area contributed by atoms with Gasteiger partial charge in [0.2, 0.25) is 0 Å². The van der Waals surface area contributed by atoms with E-state index < -0.39 is 17.8 Å². The van der Waals surface area contributed by atoms with Crippen molar-refractivity contribution in [1.82, 2.24) is 5.32 Å². The monoisotopic (exact) mass is 462 g/mol. The Kier molecular flexibility index (Phi) is 6.87. The fourth-order valence-electron chi connectivity index (χ4n) is 2.91. The number of ether oxygens (including phenoxy) is 2. The van der Waals surface area contributed by atoms with Crippen LogP contribution < -0.4 is 19.7 Å². The number of hydrogen-bond acceptors (Lipinski definition) is 5. The van der Waals surface area contributed by atoms with Gasteiger partial charge in [0.25, 0.3) is 11.8 Å². The van der Waals surface area contributed by atoms with E-state index in [0.717, 1.165) is 11.3 Å². The van der Waals surface area contributed by atoms with E-state index in [1.807, 2.05) is 13.8 Å². The molecule has 0 radical (unpaired) electrons. The summed E-state index contributed by atoms with van der Waals surface area (Å²) in [6, 6.07) is 8.71. The lowest BCUT2D eigenvalue weighted by atomic mass is 10.1. The number of carbonyl (C=O) groups excluding carboxylic acids is 3. The summed E-state index contributed by atoms with van der Waals surface area (Å²) in [6.45, 7) is 3.86. The fourth-order valence-corrected chi connectivity index (χ4v) is 3.29. The molecule has 9 heteroatoms. The van der Waals surface area contributed by atoms with Crippen LogP contribution in [-0.2, 0) is 9.59 Å². The molecular formula is C22H20Cl2N2O5. The van der Waals surface area contributed by atoms with E-state index in [1.165, 1.54) is 25.3 Å². The Morgan fingerprint density at radius 3 is 2.52 bits per heavy atom. The second-order valence-corrected chi connectivity index (χ2v) is 7.53. The van der Waals surface area contributed by atoms with E-state index in [4.69, 9.17) is 32.7 Å². The van der Waals surface area contributed by atoms with Crippen LogP contribution in [0.1, 0.15) is 25.8 Å². The molecule has 162 valence electrons. The molecule has 0 saturated carbocycles. The molecule has 1 atom stereocenters. The Bertz CT molecular complexity index is 1080. The topological polar surface area (TPSA) is 84.9 Å². The molecule has 1 fully saturated rings. The Hall–Kier alpha value is -3.03. The Balaban J connectivity index is 2.10. The van der Waals surface area contributed by atoms with Crippen molar-refractivity contribution < 1.29 is 23.9 Å². The largest absolute Gasteiger partial charge is 0.493 e. The summed E-state index contributed by atoms with van der Waals surface area (Å²) in [4.78, 5) is 38.9. The molecule has 1 saturated heterocycles. The van der Waals surface area contributed by atoms with Crippen molar-refractivity contribution in [3.63, 3.8) is 0 Å². The average Bonchev–Trinajstić information content (AvgIpc) is 2.74. The van der Waals surface area contributed by atoms with Crippen molar-refractivity contribution in [3.8, 4) is 11.5 Å². The number of benzene rings is 2. The normalized spacial score (nSPS) is 16.4. The van der Waals surface area contributed by atoms with E-state index in [9.17, 15) is 14.4 Å². The number of methoxy groups -OCH3 is 1. The molecule has 0 aliphatic carbocycles. The summed E-state index contributed by atoms with van der Waals surface area (Å²) < 4.78 is 11.3. The van der Waals surface area contributed by atoms with Crippen LogP contribution in [0.3, 0.4) is 0 Å². The van der Waals surface area contributed by atoms with Crippen LogP contribution in [0, 0.1) is 0 Å². The zero-order valence-electron chi connectivity index (χ0n) is 17.1. The minimum atomic E-state index is -0.918. The summed E-state index contributed by atoms with van der Waals surface area (Å²) in [5.74, 6) is -0.835. The molecule has 4 amide bonds. The average molecular weight is 463 g/mol. The summed E-state index contributed by atoms with van der Waals surface area (Å²) in [5.41, 5.74) is 0.249. The Labute approximate surface area is 189 Å². The quantitative estimate of drug-likeness (QED) is 0.489. The smallest absolute Gasteiger partial charge is 0.336 e. The molecule has 31 heavy (non-hydrogen) atoms. The van der Waals surface area contributed by atoms with Gasteiger partial charge in [-0.25, -0.2) is 9.69 Å². The van der Waals surface area contributed by atoms with E-state index in [-0.39, 0.29) is 27.4 Å². The number of amides is 4. The van der Waals surface area contributed by atoms with Crippen molar-refractivity contribution in [1.29, 1.82) is 0 Å². The summed E-state index contributed by atoms with van der Waals surface area (Å²) >= 11 is 12.2. The number of halogens is 2. The molecule has 2 aromatic rings. The predicted molar refractivity (Wildman–Crippen MR) is 119 cm³/mol. The number of hydrogen-bond donors (Lipinski definition) is 1. The van der Waals surface area contributed by atoms with Gasteiger partial charge in [0, 0.05) is 5.56 Å².